The van der Waals surface area contributed by atoms with E-state index in [4.69, 9.17) is 0 Å². The molecule has 0 saturated heterocycles. The van der Waals surface area contributed by atoms with E-state index in [0.29, 0.717) is 0 Å². The van der Waals surface area contributed by atoms with Crippen LogP contribution in [0.3, 0.4) is 0 Å². The summed E-state index contributed by atoms with van der Waals surface area (Å²) < 4.78 is 0. The summed E-state index contributed by atoms with van der Waals surface area (Å²) in [5.74, 6) is 0. The molecule has 1 heterocycles. The van der Waals surface area contributed by atoms with Gasteiger partial charge in [0, 0.05) is 4.88 Å². The first-order chi connectivity index (χ1) is 7.45. The van der Waals surface area contributed by atoms with Crippen molar-refractivity contribution in [1.29, 1.82) is 0 Å². The summed E-state index contributed by atoms with van der Waals surface area (Å²) in [7, 11) is 0. The Balaban J connectivity index is 2.15. The van der Waals surface area contributed by atoms with E-state index in [2.05, 4.69) is 35.7 Å². The maximum absolute atomic E-state index is 2.30. The lowest BCUT2D eigenvalue weighted by Gasteiger charge is -2.18. The second kappa shape index (κ2) is 3.82. The number of aryl methyl sites for hydroxylation is 1. The zero-order valence-electron chi connectivity index (χ0n) is 8.70. The summed E-state index contributed by atoms with van der Waals surface area (Å²) in [6.07, 6.45) is 5.26. The van der Waals surface area contributed by atoms with Crippen molar-refractivity contribution in [1.82, 2.24) is 0 Å². The Morgan fingerprint density at radius 2 is 1.87 bits per heavy atom. The van der Waals surface area contributed by atoms with Crippen LogP contribution in [0.1, 0.15) is 24.0 Å². The van der Waals surface area contributed by atoms with Gasteiger partial charge in [-0.3, -0.25) is 0 Å². The van der Waals surface area contributed by atoms with Crippen molar-refractivity contribution in [2.75, 3.05) is 0 Å². The predicted molar refractivity (Wildman–Crippen MR) is 66.4 cm³/mol. The molecule has 1 aliphatic rings. The Bertz CT molecular complexity index is 454. The van der Waals surface area contributed by atoms with E-state index in [9.17, 15) is 0 Å². The molecule has 76 valence electrons. The number of rotatable bonds is 1. The van der Waals surface area contributed by atoms with E-state index in [-0.39, 0.29) is 0 Å². The van der Waals surface area contributed by atoms with E-state index in [1.807, 2.05) is 11.3 Å². The fourth-order valence-corrected chi connectivity index (χ4v) is 3.22. The molecule has 0 radical (unpaired) electrons. The third-order valence-corrected chi connectivity index (χ3v) is 4.09. The van der Waals surface area contributed by atoms with E-state index in [1.165, 1.54) is 36.1 Å². The summed E-state index contributed by atoms with van der Waals surface area (Å²) in [4.78, 5) is 1.42. The molecule has 0 fully saturated rings. The smallest absolute Gasteiger partial charge is 0.0345 e. The Morgan fingerprint density at radius 1 is 0.933 bits per heavy atom. The first-order valence-corrected chi connectivity index (χ1v) is 6.48. The number of benzene rings is 1. The third kappa shape index (κ3) is 1.61. The van der Waals surface area contributed by atoms with Gasteiger partial charge >= 0.3 is 0 Å². The zero-order valence-corrected chi connectivity index (χ0v) is 9.52. The van der Waals surface area contributed by atoms with Crippen LogP contribution in [0, 0.1) is 0 Å². The van der Waals surface area contributed by atoms with Gasteiger partial charge in [-0.2, -0.15) is 0 Å². The zero-order chi connectivity index (χ0) is 10.1. The number of thiophene rings is 1. The lowest BCUT2D eigenvalue weighted by atomic mass is 9.88. The van der Waals surface area contributed by atoms with Gasteiger partial charge in [-0.05, 0) is 53.8 Å². The van der Waals surface area contributed by atoms with Crippen molar-refractivity contribution in [3.05, 3.63) is 46.8 Å². The minimum Gasteiger partial charge on any atom is -0.144 e. The summed E-state index contributed by atoms with van der Waals surface area (Å²) >= 11 is 1.85. The summed E-state index contributed by atoms with van der Waals surface area (Å²) in [6.45, 7) is 0. The van der Waals surface area contributed by atoms with Crippen molar-refractivity contribution in [2.45, 2.75) is 25.7 Å². The standard InChI is InChI=1S/C14H14S/c1-2-7-12-11(5-1)6-3-8-13(12)14-9-4-10-15-14/h3-4,6,8-10H,1-2,5,7H2. The molecule has 0 bridgehead atoms. The maximum Gasteiger partial charge on any atom is 0.0345 e. The molecule has 0 nitrogen and oxygen atoms in total. The molecule has 15 heavy (non-hydrogen) atoms. The largest absolute Gasteiger partial charge is 0.144 e. The molecule has 1 aromatic carbocycles. The topological polar surface area (TPSA) is 0 Å². The Labute approximate surface area is 94.6 Å². The summed E-state index contributed by atoms with van der Waals surface area (Å²) in [5.41, 5.74) is 4.65. The van der Waals surface area contributed by atoms with Crippen molar-refractivity contribution >= 4 is 11.3 Å². The molecular weight excluding hydrogens is 200 g/mol. The fraction of sp³-hybridized carbons (Fsp3) is 0.286. The van der Waals surface area contributed by atoms with Crippen molar-refractivity contribution in [3.63, 3.8) is 0 Å². The van der Waals surface area contributed by atoms with Crippen LogP contribution in [0.15, 0.2) is 35.7 Å². The van der Waals surface area contributed by atoms with Crippen LogP contribution >= 0.6 is 11.3 Å². The highest BCUT2D eigenvalue weighted by atomic mass is 32.1. The first kappa shape index (κ1) is 9.17. The van der Waals surface area contributed by atoms with Gasteiger partial charge in [-0.15, -0.1) is 11.3 Å². The van der Waals surface area contributed by atoms with Gasteiger partial charge in [0.1, 0.15) is 0 Å². The monoisotopic (exact) mass is 214 g/mol. The number of hydrogen-bond donors (Lipinski definition) is 0. The average molecular weight is 214 g/mol. The average Bonchev–Trinajstić information content (AvgIpc) is 2.82. The van der Waals surface area contributed by atoms with Gasteiger partial charge in [0.2, 0.25) is 0 Å². The quantitative estimate of drug-likeness (QED) is 0.664. The third-order valence-electron chi connectivity index (χ3n) is 3.18. The van der Waals surface area contributed by atoms with Crippen LogP contribution in [-0.4, -0.2) is 0 Å². The van der Waals surface area contributed by atoms with Crippen LogP contribution in [0.25, 0.3) is 10.4 Å². The van der Waals surface area contributed by atoms with Gasteiger partial charge in [0.25, 0.3) is 0 Å². The van der Waals surface area contributed by atoms with Crippen molar-refractivity contribution in [3.8, 4) is 10.4 Å². The van der Waals surface area contributed by atoms with E-state index >= 15 is 0 Å². The van der Waals surface area contributed by atoms with Crippen molar-refractivity contribution in [2.24, 2.45) is 0 Å². The van der Waals surface area contributed by atoms with Crippen LogP contribution < -0.4 is 0 Å². The van der Waals surface area contributed by atoms with Gasteiger partial charge in [-0.1, -0.05) is 24.3 Å². The normalized spacial score (nSPS) is 14.9. The lowest BCUT2D eigenvalue weighted by molar-refractivity contribution is 0.687. The second-order valence-electron chi connectivity index (χ2n) is 4.13. The number of hydrogen-bond acceptors (Lipinski definition) is 1. The molecule has 2 aromatic rings. The molecule has 1 heteroatoms. The van der Waals surface area contributed by atoms with Crippen LogP contribution in [0.2, 0.25) is 0 Å². The van der Waals surface area contributed by atoms with E-state index in [0.717, 1.165) is 0 Å². The van der Waals surface area contributed by atoms with Gasteiger partial charge in [0.15, 0.2) is 0 Å². The Morgan fingerprint density at radius 3 is 2.73 bits per heavy atom. The minimum atomic E-state index is 1.27. The Hall–Kier alpha value is -1.08. The molecular formula is C14H14S. The van der Waals surface area contributed by atoms with Gasteiger partial charge < -0.3 is 0 Å². The lowest BCUT2D eigenvalue weighted by Crippen LogP contribution is -2.03. The second-order valence-corrected chi connectivity index (χ2v) is 5.08. The summed E-state index contributed by atoms with van der Waals surface area (Å²) in [5, 5.41) is 2.16. The maximum atomic E-state index is 2.30. The highest BCUT2D eigenvalue weighted by molar-refractivity contribution is 7.13. The molecule has 3 rings (SSSR count). The molecule has 1 aliphatic carbocycles. The summed E-state index contributed by atoms with van der Waals surface area (Å²) in [6, 6.07) is 11.2. The first-order valence-electron chi connectivity index (χ1n) is 5.60. The molecule has 0 N–H and O–H groups in total. The van der Waals surface area contributed by atoms with Gasteiger partial charge in [-0.25, -0.2) is 0 Å². The van der Waals surface area contributed by atoms with Crippen LogP contribution in [-0.2, 0) is 12.8 Å². The molecule has 0 saturated carbocycles. The molecule has 0 atom stereocenters. The minimum absolute atomic E-state index is 1.27. The predicted octanol–water partition coefficient (Wildman–Crippen LogP) is 4.29. The molecule has 0 unspecified atom stereocenters. The molecule has 0 aliphatic heterocycles. The van der Waals surface area contributed by atoms with E-state index < -0.39 is 0 Å². The van der Waals surface area contributed by atoms with Crippen LogP contribution in [0.4, 0.5) is 0 Å². The van der Waals surface area contributed by atoms with Crippen molar-refractivity contribution < 1.29 is 0 Å². The highest BCUT2D eigenvalue weighted by Crippen LogP contribution is 2.33. The van der Waals surface area contributed by atoms with Crippen LogP contribution in [0.5, 0.6) is 0 Å². The Kier molecular flexibility index (Phi) is 2.34. The van der Waals surface area contributed by atoms with E-state index in [1.54, 1.807) is 11.1 Å². The molecule has 1 aromatic heterocycles. The van der Waals surface area contributed by atoms with Gasteiger partial charge in [0.05, 0.1) is 0 Å². The highest BCUT2D eigenvalue weighted by Gasteiger charge is 2.13. The fourth-order valence-electron chi connectivity index (χ4n) is 2.44. The number of fused-ring (bicyclic) bond motifs is 1. The SMILES string of the molecule is c1csc(-c2cccc3c2CCCC3)c1. The molecule has 0 amide bonds. The molecule has 0 spiro atoms.